The highest BCUT2D eigenvalue weighted by atomic mass is 32.2. The maximum Gasteiger partial charge on any atom is 0.204 e. The number of piperidine rings is 1. The second kappa shape index (κ2) is 7.77. The molecule has 0 atom stereocenters. The molecular formula is C20H23NO2S. The summed E-state index contributed by atoms with van der Waals surface area (Å²) in [6.45, 7) is 2.42. The van der Waals surface area contributed by atoms with E-state index in [1.165, 1.54) is 6.42 Å². The van der Waals surface area contributed by atoms with E-state index in [1.807, 2.05) is 42.5 Å². The van der Waals surface area contributed by atoms with E-state index >= 15 is 0 Å². The van der Waals surface area contributed by atoms with Gasteiger partial charge >= 0.3 is 0 Å². The van der Waals surface area contributed by atoms with E-state index in [9.17, 15) is 8.42 Å². The molecule has 3 nitrogen and oxygen atoms in total. The van der Waals surface area contributed by atoms with Crippen LogP contribution in [0.1, 0.15) is 24.8 Å². The highest BCUT2D eigenvalue weighted by Gasteiger charge is 2.23. The first-order valence-corrected chi connectivity index (χ1v) is 9.93. The van der Waals surface area contributed by atoms with Crippen LogP contribution in [0.3, 0.4) is 0 Å². The van der Waals surface area contributed by atoms with Crippen molar-refractivity contribution in [2.45, 2.75) is 24.2 Å². The first-order chi connectivity index (χ1) is 11.7. The molecule has 1 saturated heterocycles. The number of benzene rings is 2. The highest BCUT2D eigenvalue weighted by Crippen LogP contribution is 2.23. The molecule has 1 heterocycles. The van der Waals surface area contributed by atoms with Gasteiger partial charge in [-0.25, -0.2) is 8.42 Å². The summed E-state index contributed by atoms with van der Waals surface area (Å²) in [6.07, 6.45) is 5.34. The standard InChI is InChI=1S/C20H23NO2S/c22-24(23,19-12-6-2-7-13-19)20(16-18-10-4-1-5-11-18)17-21-14-8-3-9-15-21/h1-2,4-7,10-13,16H,3,8-9,14-15,17H2/b20-16+. The second-order valence-electron chi connectivity index (χ2n) is 6.17. The average Bonchev–Trinajstić information content (AvgIpc) is 2.64. The van der Waals surface area contributed by atoms with Crippen LogP contribution in [0.15, 0.2) is 70.5 Å². The third-order valence-corrected chi connectivity index (χ3v) is 6.18. The minimum atomic E-state index is -3.48. The van der Waals surface area contributed by atoms with Gasteiger partial charge in [0.05, 0.1) is 9.80 Å². The van der Waals surface area contributed by atoms with Crippen LogP contribution >= 0.6 is 0 Å². The summed E-state index contributed by atoms with van der Waals surface area (Å²) in [6, 6.07) is 18.4. The second-order valence-corrected chi connectivity index (χ2v) is 8.18. The molecule has 2 aromatic carbocycles. The van der Waals surface area contributed by atoms with Crippen molar-refractivity contribution < 1.29 is 8.42 Å². The predicted molar refractivity (Wildman–Crippen MR) is 98.3 cm³/mol. The van der Waals surface area contributed by atoms with Gasteiger partial charge in [0.25, 0.3) is 0 Å². The summed E-state index contributed by atoms with van der Waals surface area (Å²) >= 11 is 0. The molecule has 2 aromatic rings. The van der Waals surface area contributed by atoms with Crippen LogP contribution in [-0.2, 0) is 9.84 Å². The number of hydrogen-bond donors (Lipinski definition) is 0. The van der Waals surface area contributed by atoms with E-state index in [0.717, 1.165) is 31.5 Å². The van der Waals surface area contributed by atoms with Crippen molar-refractivity contribution in [1.82, 2.24) is 4.90 Å². The molecule has 1 fully saturated rings. The van der Waals surface area contributed by atoms with Crippen molar-refractivity contribution in [3.05, 3.63) is 71.1 Å². The van der Waals surface area contributed by atoms with Gasteiger partial charge < -0.3 is 0 Å². The summed E-state index contributed by atoms with van der Waals surface area (Å²) in [5.41, 5.74) is 0.920. The third-order valence-electron chi connectivity index (χ3n) is 4.35. The van der Waals surface area contributed by atoms with Gasteiger partial charge in [-0.05, 0) is 49.7 Å². The summed E-state index contributed by atoms with van der Waals surface area (Å²) in [5, 5.41) is 0. The Balaban J connectivity index is 1.96. The lowest BCUT2D eigenvalue weighted by Crippen LogP contribution is -2.33. The Hall–Kier alpha value is -1.91. The summed E-state index contributed by atoms with van der Waals surface area (Å²) in [7, 11) is -3.48. The lowest BCUT2D eigenvalue weighted by atomic mass is 10.1. The van der Waals surface area contributed by atoms with Crippen molar-refractivity contribution in [3.63, 3.8) is 0 Å². The molecule has 0 aliphatic carbocycles. The lowest BCUT2D eigenvalue weighted by Gasteiger charge is -2.27. The van der Waals surface area contributed by atoms with Crippen LogP contribution in [0.4, 0.5) is 0 Å². The topological polar surface area (TPSA) is 37.4 Å². The Labute approximate surface area is 144 Å². The van der Waals surface area contributed by atoms with E-state index in [-0.39, 0.29) is 0 Å². The van der Waals surface area contributed by atoms with Crippen LogP contribution in [-0.4, -0.2) is 33.0 Å². The molecule has 126 valence electrons. The van der Waals surface area contributed by atoms with Crippen molar-refractivity contribution in [1.29, 1.82) is 0 Å². The fourth-order valence-electron chi connectivity index (χ4n) is 3.03. The first-order valence-electron chi connectivity index (χ1n) is 8.44. The van der Waals surface area contributed by atoms with Crippen molar-refractivity contribution in [3.8, 4) is 0 Å². The molecule has 0 radical (unpaired) electrons. The number of likely N-dealkylation sites (tertiary alicyclic amines) is 1. The van der Waals surface area contributed by atoms with Crippen LogP contribution in [0.5, 0.6) is 0 Å². The van der Waals surface area contributed by atoms with Gasteiger partial charge in [-0.1, -0.05) is 55.0 Å². The molecule has 0 bridgehead atoms. The molecule has 24 heavy (non-hydrogen) atoms. The number of rotatable bonds is 5. The first kappa shape index (κ1) is 16.9. The molecule has 3 rings (SSSR count). The van der Waals surface area contributed by atoms with Gasteiger partial charge in [-0.2, -0.15) is 0 Å². The van der Waals surface area contributed by atoms with E-state index < -0.39 is 9.84 Å². The molecule has 1 aliphatic heterocycles. The minimum absolute atomic E-state index is 0.365. The maximum atomic E-state index is 13.1. The van der Waals surface area contributed by atoms with Crippen LogP contribution in [0, 0.1) is 0 Å². The molecule has 4 heteroatoms. The third kappa shape index (κ3) is 4.13. The summed E-state index contributed by atoms with van der Waals surface area (Å²) in [4.78, 5) is 3.09. The smallest absolute Gasteiger partial charge is 0.204 e. The van der Waals surface area contributed by atoms with Crippen LogP contribution in [0.2, 0.25) is 0 Å². The fraction of sp³-hybridized carbons (Fsp3) is 0.300. The largest absolute Gasteiger partial charge is 0.298 e. The zero-order valence-electron chi connectivity index (χ0n) is 13.8. The Morgan fingerprint density at radius 2 is 1.46 bits per heavy atom. The Kier molecular flexibility index (Phi) is 5.48. The highest BCUT2D eigenvalue weighted by molar-refractivity contribution is 7.95. The van der Waals surface area contributed by atoms with Gasteiger partial charge in [-0.3, -0.25) is 4.90 Å². The van der Waals surface area contributed by atoms with Gasteiger partial charge in [0.2, 0.25) is 9.84 Å². The summed E-state index contributed by atoms with van der Waals surface area (Å²) in [5.74, 6) is 0. The number of sulfone groups is 1. The number of hydrogen-bond acceptors (Lipinski definition) is 3. The van der Waals surface area contributed by atoms with E-state index in [1.54, 1.807) is 24.3 Å². The van der Waals surface area contributed by atoms with Gasteiger partial charge in [0, 0.05) is 6.54 Å². The van der Waals surface area contributed by atoms with Gasteiger partial charge in [0.1, 0.15) is 0 Å². The molecule has 1 aliphatic rings. The quantitative estimate of drug-likeness (QED) is 0.825. The van der Waals surface area contributed by atoms with Gasteiger partial charge in [-0.15, -0.1) is 0 Å². The zero-order valence-corrected chi connectivity index (χ0v) is 14.6. The lowest BCUT2D eigenvalue weighted by molar-refractivity contribution is 0.250. The maximum absolute atomic E-state index is 13.1. The van der Waals surface area contributed by atoms with Crippen LogP contribution in [0.25, 0.3) is 6.08 Å². The van der Waals surface area contributed by atoms with Crippen molar-refractivity contribution in [2.75, 3.05) is 19.6 Å². The van der Waals surface area contributed by atoms with E-state index in [4.69, 9.17) is 0 Å². The average molecular weight is 341 g/mol. The number of nitrogens with zero attached hydrogens (tertiary/aromatic N) is 1. The molecule has 0 N–H and O–H groups in total. The molecule has 0 unspecified atom stereocenters. The predicted octanol–water partition coefficient (Wildman–Crippen LogP) is 3.99. The van der Waals surface area contributed by atoms with Crippen molar-refractivity contribution >= 4 is 15.9 Å². The molecule has 0 saturated carbocycles. The minimum Gasteiger partial charge on any atom is -0.298 e. The van der Waals surface area contributed by atoms with E-state index in [2.05, 4.69) is 4.90 Å². The van der Waals surface area contributed by atoms with Crippen LogP contribution < -0.4 is 0 Å². The normalized spacial score (nSPS) is 16.9. The molecule has 0 aromatic heterocycles. The summed E-state index contributed by atoms with van der Waals surface area (Å²) < 4.78 is 26.2. The molecular weight excluding hydrogens is 318 g/mol. The molecule has 0 spiro atoms. The fourth-order valence-corrected chi connectivity index (χ4v) is 4.49. The monoisotopic (exact) mass is 341 g/mol. The Bertz CT molecular complexity index is 777. The Morgan fingerprint density at radius 1 is 0.875 bits per heavy atom. The van der Waals surface area contributed by atoms with E-state index in [0.29, 0.717) is 16.3 Å². The zero-order chi connectivity index (χ0) is 16.8. The van der Waals surface area contributed by atoms with Gasteiger partial charge in [0.15, 0.2) is 0 Å². The molecule has 0 amide bonds. The van der Waals surface area contributed by atoms with Crippen molar-refractivity contribution in [2.24, 2.45) is 0 Å². The SMILES string of the molecule is O=S(=O)(/C(=C/c1ccccc1)CN1CCCCC1)c1ccccc1. The Morgan fingerprint density at radius 3 is 2.08 bits per heavy atom.